The molecule has 2 aromatic rings. The molecule has 0 fully saturated rings. The Morgan fingerprint density at radius 3 is 2.52 bits per heavy atom. The fraction of sp³-hybridized carbons (Fsp3) is 0.375. The van der Waals surface area contributed by atoms with Crippen molar-refractivity contribution in [2.24, 2.45) is 0 Å². The maximum absolute atomic E-state index is 5.36. The van der Waals surface area contributed by atoms with Crippen LogP contribution in [-0.4, -0.2) is 23.6 Å². The summed E-state index contributed by atoms with van der Waals surface area (Å²) in [6, 6.07) is 7.79. The molecule has 0 unspecified atom stereocenters. The Morgan fingerprint density at radius 1 is 1.10 bits per heavy atom. The van der Waals surface area contributed by atoms with E-state index in [1.807, 2.05) is 38.1 Å². The van der Waals surface area contributed by atoms with Gasteiger partial charge >= 0.3 is 0 Å². The first-order valence-electron chi connectivity index (χ1n) is 7.14. The van der Waals surface area contributed by atoms with Crippen molar-refractivity contribution in [3.8, 4) is 5.75 Å². The minimum absolute atomic E-state index is 0.733. The Morgan fingerprint density at radius 2 is 1.81 bits per heavy atom. The van der Waals surface area contributed by atoms with Crippen LogP contribution in [0.15, 0.2) is 24.3 Å². The lowest BCUT2D eigenvalue weighted by Crippen LogP contribution is -2.09. The molecule has 0 aliphatic rings. The smallest absolute Gasteiger partial charge is 0.142 e. The van der Waals surface area contributed by atoms with Crippen molar-refractivity contribution in [3.05, 3.63) is 35.7 Å². The molecule has 0 aliphatic carbocycles. The number of rotatable bonds is 6. The summed E-state index contributed by atoms with van der Waals surface area (Å²) < 4.78 is 5.36. The second-order valence-corrected chi connectivity index (χ2v) is 4.85. The van der Waals surface area contributed by atoms with Crippen molar-refractivity contribution in [1.29, 1.82) is 0 Å². The number of hydrogen-bond acceptors (Lipinski definition) is 5. The monoisotopic (exact) mass is 286 g/mol. The lowest BCUT2D eigenvalue weighted by Gasteiger charge is -2.15. The van der Waals surface area contributed by atoms with E-state index in [2.05, 4.69) is 27.5 Å². The van der Waals surface area contributed by atoms with Crippen molar-refractivity contribution in [2.75, 3.05) is 24.3 Å². The van der Waals surface area contributed by atoms with Crippen molar-refractivity contribution < 1.29 is 4.74 Å². The lowest BCUT2D eigenvalue weighted by atomic mass is 10.2. The summed E-state index contributed by atoms with van der Waals surface area (Å²) in [5.41, 5.74) is 1.89. The zero-order valence-electron chi connectivity index (χ0n) is 13.0. The third kappa shape index (κ3) is 3.62. The second-order valence-electron chi connectivity index (χ2n) is 4.85. The van der Waals surface area contributed by atoms with Crippen LogP contribution in [0, 0.1) is 13.8 Å². The van der Waals surface area contributed by atoms with Gasteiger partial charge in [0, 0.05) is 12.1 Å². The van der Waals surface area contributed by atoms with E-state index in [-0.39, 0.29) is 0 Å². The number of anilines is 3. The molecule has 0 amide bonds. The van der Waals surface area contributed by atoms with Gasteiger partial charge in [-0.25, -0.2) is 9.97 Å². The fourth-order valence-electron chi connectivity index (χ4n) is 2.04. The van der Waals surface area contributed by atoms with E-state index < -0.39 is 0 Å². The van der Waals surface area contributed by atoms with E-state index >= 15 is 0 Å². The lowest BCUT2D eigenvalue weighted by molar-refractivity contribution is 0.417. The molecule has 21 heavy (non-hydrogen) atoms. The molecule has 2 N–H and O–H groups in total. The van der Waals surface area contributed by atoms with Crippen LogP contribution in [0.2, 0.25) is 0 Å². The maximum Gasteiger partial charge on any atom is 0.142 e. The molecule has 112 valence electrons. The molecule has 0 saturated heterocycles. The number of benzene rings is 1. The molecule has 0 saturated carbocycles. The van der Waals surface area contributed by atoms with Gasteiger partial charge in [-0.1, -0.05) is 19.1 Å². The van der Waals surface area contributed by atoms with Gasteiger partial charge in [-0.2, -0.15) is 0 Å². The quantitative estimate of drug-likeness (QED) is 0.848. The average Bonchev–Trinajstić information content (AvgIpc) is 2.49. The second kappa shape index (κ2) is 6.92. The molecule has 0 atom stereocenters. The van der Waals surface area contributed by atoms with Gasteiger partial charge in [0.2, 0.25) is 0 Å². The predicted molar refractivity (Wildman–Crippen MR) is 86.6 cm³/mol. The first-order chi connectivity index (χ1) is 10.2. The normalized spacial score (nSPS) is 10.3. The van der Waals surface area contributed by atoms with Gasteiger partial charge in [-0.15, -0.1) is 0 Å². The summed E-state index contributed by atoms with van der Waals surface area (Å²) in [5.74, 6) is 3.19. The standard InChI is InChI=1S/C16H22N4O/c1-5-10-17-15-11(2)16(19-12(3)18-15)20-13-8-6-7-9-14(13)21-4/h6-9H,5,10H2,1-4H3,(H2,17,18,19,20). The Hall–Kier alpha value is -2.30. The molecule has 5 nitrogen and oxygen atoms in total. The van der Waals surface area contributed by atoms with Crippen LogP contribution in [0.3, 0.4) is 0 Å². The number of aromatic nitrogens is 2. The maximum atomic E-state index is 5.36. The van der Waals surface area contributed by atoms with E-state index in [1.165, 1.54) is 0 Å². The third-order valence-electron chi connectivity index (χ3n) is 3.16. The molecule has 0 aliphatic heterocycles. The Labute approximate surface area is 125 Å². The fourth-order valence-corrected chi connectivity index (χ4v) is 2.04. The van der Waals surface area contributed by atoms with Crippen molar-refractivity contribution >= 4 is 17.3 Å². The summed E-state index contributed by atoms with van der Waals surface area (Å²) in [4.78, 5) is 8.96. The highest BCUT2D eigenvalue weighted by Gasteiger charge is 2.11. The average molecular weight is 286 g/mol. The van der Waals surface area contributed by atoms with Gasteiger partial charge in [0.1, 0.15) is 23.2 Å². The van der Waals surface area contributed by atoms with Crippen LogP contribution in [-0.2, 0) is 0 Å². The summed E-state index contributed by atoms with van der Waals surface area (Å²) in [6.45, 7) is 6.93. The van der Waals surface area contributed by atoms with Crippen LogP contribution in [0.25, 0.3) is 0 Å². The number of nitrogens with zero attached hydrogens (tertiary/aromatic N) is 2. The summed E-state index contributed by atoms with van der Waals surface area (Å²) in [5, 5.41) is 6.67. The summed E-state index contributed by atoms with van der Waals surface area (Å²) in [7, 11) is 1.66. The third-order valence-corrected chi connectivity index (χ3v) is 3.16. The Balaban J connectivity index is 2.33. The highest BCUT2D eigenvalue weighted by atomic mass is 16.5. The van der Waals surface area contributed by atoms with Crippen molar-refractivity contribution in [1.82, 2.24) is 9.97 Å². The van der Waals surface area contributed by atoms with Crippen molar-refractivity contribution in [2.45, 2.75) is 27.2 Å². The number of hydrogen-bond donors (Lipinski definition) is 2. The molecule has 0 radical (unpaired) electrons. The number of methoxy groups -OCH3 is 1. The Kier molecular flexibility index (Phi) is 4.98. The number of nitrogens with one attached hydrogen (secondary N) is 2. The van der Waals surface area contributed by atoms with E-state index in [1.54, 1.807) is 7.11 Å². The molecule has 1 heterocycles. The van der Waals surface area contributed by atoms with Crippen LogP contribution >= 0.6 is 0 Å². The van der Waals surface area contributed by atoms with Crippen LogP contribution in [0.4, 0.5) is 17.3 Å². The van der Waals surface area contributed by atoms with Gasteiger partial charge < -0.3 is 15.4 Å². The minimum atomic E-state index is 0.733. The van der Waals surface area contributed by atoms with Crippen LogP contribution in [0.5, 0.6) is 5.75 Å². The molecule has 1 aromatic heterocycles. The number of ether oxygens (including phenoxy) is 1. The molecule has 1 aromatic carbocycles. The molecule has 5 heteroatoms. The van der Waals surface area contributed by atoms with Gasteiger partial charge in [-0.05, 0) is 32.4 Å². The Bertz CT molecular complexity index is 613. The SMILES string of the molecule is CCCNc1nc(C)nc(Nc2ccccc2OC)c1C. The van der Waals surface area contributed by atoms with Crippen molar-refractivity contribution in [3.63, 3.8) is 0 Å². The molecule has 0 spiro atoms. The topological polar surface area (TPSA) is 59.1 Å². The molecular weight excluding hydrogens is 264 g/mol. The highest BCUT2D eigenvalue weighted by molar-refractivity contribution is 5.68. The zero-order chi connectivity index (χ0) is 15.2. The van der Waals surface area contributed by atoms with Crippen LogP contribution < -0.4 is 15.4 Å². The van der Waals surface area contributed by atoms with E-state index in [0.29, 0.717) is 0 Å². The highest BCUT2D eigenvalue weighted by Crippen LogP contribution is 2.29. The first-order valence-corrected chi connectivity index (χ1v) is 7.14. The zero-order valence-corrected chi connectivity index (χ0v) is 13.0. The molecular formula is C16H22N4O. The summed E-state index contributed by atoms with van der Waals surface area (Å²) in [6.07, 6.45) is 1.05. The van der Waals surface area contributed by atoms with Gasteiger partial charge in [-0.3, -0.25) is 0 Å². The minimum Gasteiger partial charge on any atom is -0.495 e. The predicted octanol–water partition coefficient (Wildman–Crippen LogP) is 3.67. The van der Waals surface area contributed by atoms with E-state index in [9.17, 15) is 0 Å². The van der Waals surface area contributed by atoms with Gasteiger partial charge in [0.05, 0.1) is 12.8 Å². The molecule has 2 rings (SSSR count). The van der Waals surface area contributed by atoms with E-state index in [4.69, 9.17) is 4.74 Å². The van der Waals surface area contributed by atoms with Gasteiger partial charge in [0.15, 0.2) is 0 Å². The first kappa shape index (κ1) is 15.1. The molecule has 0 bridgehead atoms. The van der Waals surface area contributed by atoms with Gasteiger partial charge in [0.25, 0.3) is 0 Å². The number of aryl methyl sites for hydroxylation is 1. The number of para-hydroxylation sites is 2. The summed E-state index contributed by atoms with van der Waals surface area (Å²) >= 11 is 0. The van der Waals surface area contributed by atoms with Crippen LogP contribution in [0.1, 0.15) is 24.7 Å². The van der Waals surface area contributed by atoms with E-state index in [0.717, 1.165) is 47.4 Å². The largest absolute Gasteiger partial charge is 0.495 e.